The van der Waals surface area contributed by atoms with Gasteiger partial charge in [-0.25, -0.2) is 14.3 Å². The number of amides is 1. The molecule has 0 spiro atoms. The number of hydrogen-bond acceptors (Lipinski definition) is 6. The molecule has 8 nitrogen and oxygen atoms in total. The van der Waals surface area contributed by atoms with Crippen LogP contribution in [0.15, 0.2) is 18.6 Å². The van der Waals surface area contributed by atoms with E-state index in [1.807, 2.05) is 40.0 Å². The minimum absolute atomic E-state index is 0.163. The Hall–Kier alpha value is -2.35. The number of nitrogens with one attached hydrogen (secondary N) is 1. The fourth-order valence-electron chi connectivity index (χ4n) is 3.16. The quantitative estimate of drug-likeness (QED) is 0.874. The van der Waals surface area contributed by atoms with Gasteiger partial charge < -0.3 is 20.1 Å². The van der Waals surface area contributed by atoms with E-state index in [9.17, 15) is 9.90 Å². The molecular weight excluding hydrogens is 322 g/mol. The van der Waals surface area contributed by atoms with E-state index in [1.165, 1.54) is 6.33 Å². The summed E-state index contributed by atoms with van der Waals surface area (Å²) >= 11 is 0. The minimum Gasteiger partial charge on any atom is -0.444 e. The van der Waals surface area contributed by atoms with Gasteiger partial charge in [0, 0.05) is 19.3 Å². The van der Waals surface area contributed by atoms with Gasteiger partial charge in [0.25, 0.3) is 0 Å². The van der Waals surface area contributed by atoms with E-state index in [1.54, 1.807) is 4.52 Å². The van der Waals surface area contributed by atoms with Crippen molar-refractivity contribution < 1.29 is 14.6 Å². The number of hydrogen-bond donors (Lipinski definition) is 2. The Kier molecular flexibility index (Phi) is 4.32. The second-order valence-electron chi connectivity index (χ2n) is 7.61. The van der Waals surface area contributed by atoms with Gasteiger partial charge in [0.2, 0.25) is 0 Å². The zero-order chi connectivity index (χ0) is 18.2. The number of rotatable bonds is 3. The number of alkyl carbamates (subject to hydrolysis) is 1. The van der Waals surface area contributed by atoms with Gasteiger partial charge in [-0.2, -0.15) is 5.10 Å². The average molecular weight is 347 g/mol. The number of aromatic nitrogens is 3. The van der Waals surface area contributed by atoms with Gasteiger partial charge in [-0.1, -0.05) is 0 Å². The van der Waals surface area contributed by atoms with Gasteiger partial charge in [0.05, 0.1) is 12.1 Å². The van der Waals surface area contributed by atoms with Crippen molar-refractivity contribution in [2.45, 2.75) is 45.3 Å². The highest BCUT2D eigenvalue weighted by Crippen LogP contribution is 2.29. The van der Waals surface area contributed by atoms with Crippen molar-refractivity contribution in [3.63, 3.8) is 0 Å². The molecule has 0 aliphatic carbocycles. The molecule has 2 N–H and O–H groups in total. The van der Waals surface area contributed by atoms with Crippen LogP contribution in [0.2, 0.25) is 0 Å². The first-order valence-corrected chi connectivity index (χ1v) is 8.39. The highest BCUT2D eigenvalue weighted by Gasteiger charge is 2.41. The molecule has 25 heavy (non-hydrogen) atoms. The number of aliphatic hydroxyl groups excluding tert-OH is 1. The Balaban J connectivity index is 1.81. The summed E-state index contributed by atoms with van der Waals surface area (Å²) in [7, 11) is 0. The van der Waals surface area contributed by atoms with E-state index < -0.39 is 17.2 Å². The Morgan fingerprint density at radius 1 is 1.48 bits per heavy atom. The number of nitrogens with zero attached hydrogens (tertiary/aromatic N) is 4. The zero-order valence-electron chi connectivity index (χ0n) is 15.1. The molecule has 0 aromatic carbocycles. The largest absolute Gasteiger partial charge is 0.444 e. The van der Waals surface area contributed by atoms with Gasteiger partial charge in [0.1, 0.15) is 17.4 Å². The van der Waals surface area contributed by atoms with Crippen molar-refractivity contribution in [1.29, 1.82) is 0 Å². The van der Waals surface area contributed by atoms with E-state index in [4.69, 9.17) is 4.74 Å². The molecule has 1 unspecified atom stereocenters. The molecule has 3 heterocycles. The topological polar surface area (TPSA) is 92.0 Å². The summed E-state index contributed by atoms with van der Waals surface area (Å²) in [5.41, 5.74) is 0.691. The Morgan fingerprint density at radius 3 is 2.92 bits per heavy atom. The van der Waals surface area contributed by atoms with Gasteiger partial charge >= 0.3 is 6.09 Å². The molecular formula is C17H25N5O3. The number of ether oxygens (including phenoxy) is 1. The van der Waals surface area contributed by atoms with Crippen LogP contribution in [0.4, 0.5) is 10.6 Å². The summed E-state index contributed by atoms with van der Waals surface area (Å²) < 4.78 is 7.12. The summed E-state index contributed by atoms with van der Waals surface area (Å²) in [5.74, 6) is 0.804. The van der Waals surface area contributed by atoms with Crippen LogP contribution in [0.25, 0.3) is 5.52 Å². The van der Waals surface area contributed by atoms with Crippen LogP contribution in [0, 0.1) is 6.92 Å². The van der Waals surface area contributed by atoms with Crippen molar-refractivity contribution in [3.05, 3.63) is 24.2 Å². The lowest BCUT2D eigenvalue weighted by atomic mass is 10.0. The molecule has 1 saturated heterocycles. The van der Waals surface area contributed by atoms with Gasteiger partial charge in [-0.15, -0.1) is 0 Å². The van der Waals surface area contributed by atoms with Crippen molar-refractivity contribution in [1.82, 2.24) is 19.9 Å². The molecule has 0 radical (unpaired) electrons. The lowest BCUT2D eigenvalue weighted by Crippen LogP contribution is -2.54. The normalized spacial score (nSPS) is 20.9. The molecule has 8 heteroatoms. The average Bonchev–Trinajstić information content (AvgIpc) is 3.10. The Labute approximate surface area is 146 Å². The van der Waals surface area contributed by atoms with Crippen molar-refractivity contribution in [3.8, 4) is 0 Å². The van der Waals surface area contributed by atoms with E-state index in [0.29, 0.717) is 19.5 Å². The number of carbonyl (C=O) groups is 1. The summed E-state index contributed by atoms with van der Waals surface area (Å²) in [6, 6.07) is 1.99. The molecule has 2 aromatic rings. The highest BCUT2D eigenvalue weighted by atomic mass is 16.6. The monoisotopic (exact) mass is 347 g/mol. The van der Waals surface area contributed by atoms with Gasteiger partial charge in [-0.05, 0) is 45.7 Å². The summed E-state index contributed by atoms with van der Waals surface area (Å²) in [6.07, 6.45) is 3.50. The molecule has 0 bridgehead atoms. The number of aryl methyl sites for hydroxylation is 1. The second kappa shape index (κ2) is 6.18. The van der Waals surface area contributed by atoms with Crippen molar-refractivity contribution >= 4 is 17.4 Å². The van der Waals surface area contributed by atoms with Crippen molar-refractivity contribution in [2.75, 3.05) is 24.6 Å². The molecule has 1 fully saturated rings. The third kappa shape index (κ3) is 3.53. The molecule has 3 rings (SSSR count). The van der Waals surface area contributed by atoms with E-state index in [0.717, 1.165) is 16.9 Å². The fraction of sp³-hybridized carbons (Fsp3) is 0.588. The molecule has 1 atom stereocenters. The van der Waals surface area contributed by atoms with Gasteiger partial charge in [-0.3, -0.25) is 0 Å². The number of carbonyl (C=O) groups excluding carboxylic acids is 1. The van der Waals surface area contributed by atoms with E-state index in [-0.39, 0.29) is 6.61 Å². The smallest absolute Gasteiger partial charge is 0.408 e. The summed E-state index contributed by atoms with van der Waals surface area (Å²) in [4.78, 5) is 18.7. The molecule has 0 saturated carbocycles. The third-order valence-electron chi connectivity index (χ3n) is 4.36. The van der Waals surface area contributed by atoms with Crippen molar-refractivity contribution in [2.24, 2.45) is 0 Å². The standard InChI is InChI=1S/C17H25N5O3/c1-12-5-7-22-13(12)14(18-11-19-22)21-8-6-17(9-21,10-23)20-15(24)25-16(2,3)4/h5,7,11,23H,6,8-10H2,1-4H3,(H,20,24). The van der Waals surface area contributed by atoms with E-state index in [2.05, 4.69) is 20.3 Å². The fourth-order valence-corrected chi connectivity index (χ4v) is 3.16. The SMILES string of the molecule is Cc1ccn2ncnc(N3CCC(CO)(NC(=O)OC(C)(C)C)C3)c12. The second-order valence-corrected chi connectivity index (χ2v) is 7.61. The first-order chi connectivity index (χ1) is 11.7. The Bertz CT molecular complexity index is 782. The maximum absolute atomic E-state index is 12.2. The maximum atomic E-state index is 12.2. The van der Waals surface area contributed by atoms with Crippen LogP contribution in [0.1, 0.15) is 32.8 Å². The zero-order valence-corrected chi connectivity index (χ0v) is 15.1. The van der Waals surface area contributed by atoms with Crippen LogP contribution >= 0.6 is 0 Å². The summed E-state index contributed by atoms with van der Waals surface area (Å²) in [5, 5.41) is 17.0. The number of fused-ring (bicyclic) bond motifs is 1. The maximum Gasteiger partial charge on any atom is 0.408 e. The van der Waals surface area contributed by atoms with Crippen LogP contribution in [-0.4, -0.2) is 56.6 Å². The van der Waals surface area contributed by atoms with Crippen LogP contribution in [0.3, 0.4) is 0 Å². The third-order valence-corrected chi connectivity index (χ3v) is 4.36. The minimum atomic E-state index is -0.745. The first kappa shape index (κ1) is 17.5. The van der Waals surface area contributed by atoms with Crippen LogP contribution in [-0.2, 0) is 4.74 Å². The lowest BCUT2D eigenvalue weighted by Gasteiger charge is -2.30. The molecule has 136 valence electrons. The predicted molar refractivity (Wildman–Crippen MR) is 93.7 cm³/mol. The Morgan fingerprint density at radius 2 is 2.24 bits per heavy atom. The molecule has 1 aliphatic rings. The molecule has 2 aromatic heterocycles. The predicted octanol–water partition coefficient (Wildman–Crippen LogP) is 1.50. The van der Waals surface area contributed by atoms with Crippen LogP contribution < -0.4 is 10.2 Å². The molecule has 1 aliphatic heterocycles. The van der Waals surface area contributed by atoms with Crippen LogP contribution in [0.5, 0.6) is 0 Å². The first-order valence-electron chi connectivity index (χ1n) is 8.39. The lowest BCUT2D eigenvalue weighted by molar-refractivity contribution is 0.0417. The van der Waals surface area contributed by atoms with E-state index >= 15 is 0 Å². The van der Waals surface area contributed by atoms with Gasteiger partial charge in [0.15, 0.2) is 5.82 Å². The summed E-state index contributed by atoms with van der Waals surface area (Å²) in [6.45, 7) is 8.42. The number of anilines is 1. The number of aliphatic hydroxyl groups is 1. The molecule has 1 amide bonds. The highest BCUT2D eigenvalue weighted by molar-refractivity contribution is 5.74.